The van der Waals surface area contributed by atoms with Gasteiger partial charge in [0.15, 0.2) is 0 Å². The SMILES string of the molecule is CCCC=CC(=O)OC(CC)c1ccccc1. The average molecular weight is 232 g/mol. The van der Waals surface area contributed by atoms with Crippen molar-refractivity contribution in [2.24, 2.45) is 0 Å². The first-order valence-corrected chi connectivity index (χ1v) is 6.20. The lowest BCUT2D eigenvalue weighted by Crippen LogP contribution is -2.08. The molecule has 0 spiro atoms. The zero-order chi connectivity index (χ0) is 12.5. The molecule has 1 atom stereocenters. The minimum Gasteiger partial charge on any atom is -0.454 e. The fraction of sp³-hybridized carbons (Fsp3) is 0.400. The zero-order valence-corrected chi connectivity index (χ0v) is 10.6. The second-order valence-corrected chi connectivity index (χ2v) is 3.94. The van der Waals surface area contributed by atoms with Gasteiger partial charge in [-0.25, -0.2) is 4.79 Å². The molecule has 0 radical (unpaired) electrons. The summed E-state index contributed by atoms with van der Waals surface area (Å²) in [5.74, 6) is -0.255. The lowest BCUT2D eigenvalue weighted by molar-refractivity contribution is -0.143. The maximum Gasteiger partial charge on any atom is 0.331 e. The third kappa shape index (κ3) is 4.85. The molecule has 0 aliphatic carbocycles. The average Bonchev–Trinajstić information content (AvgIpc) is 2.37. The highest BCUT2D eigenvalue weighted by atomic mass is 16.5. The van der Waals surface area contributed by atoms with Crippen molar-refractivity contribution in [3.63, 3.8) is 0 Å². The number of carbonyl (C=O) groups excluding carboxylic acids is 1. The largest absolute Gasteiger partial charge is 0.454 e. The predicted molar refractivity (Wildman–Crippen MR) is 69.6 cm³/mol. The summed E-state index contributed by atoms with van der Waals surface area (Å²) in [4.78, 5) is 11.6. The van der Waals surface area contributed by atoms with E-state index in [1.165, 1.54) is 6.08 Å². The van der Waals surface area contributed by atoms with E-state index in [-0.39, 0.29) is 12.1 Å². The number of unbranched alkanes of at least 4 members (excludes halogenated alkanes) is 1. The minimum atomic E-state index is -0.255. The molecule has 0 heterocycles. The van der Waals surface area contributed by atoms with Crippen molar-refractivity contribution < 1.29 is 9.53 Å². The quantitative estimate of drug-likeness (QED) is 0.546. The first-order valence-electron chi connectivity index (χ1n) is 6.20. The minimum absolute atomic E-state index is 0.144. The fourth-order valence-electron chi connectivity index (χ4n) is 1.58. The molecular weight excluding hydrogens is 212 g/mol. The van der Waals surface area contributed by atoms with Crippen LogP contribution in [0.5, 0.6) is 0 Å². The van der Waals surface area contributed by atoms with E-state index >= 15 is 0 Å². The van der Waals surface area contributed by atoms with Gasteiger partial charge in [0.1, 0.15) is 6.10 Å². The van der Waals surface area contributed by atoms with Crippen LogP contribution in [0.4, 0.5) is 0 Å². The Morgan fingerprint density at radius 1 is 1.29 bits per heavy atom. The summed E-state index contributed by atoms with van der Waals surface area (Å²) >= 11 is 0. The molecule has 0 N–H and O–H groups in total. The molecule has 0 aliphatic rings. The second kappa shape index (κ2) is 7.66. The van der Waals surface area contributed by atoms with E-state index in [2.05, 4.69) is 6.92 Å². The van der Waals surface area contributed by atoms with Gasteiger partial charge in [-0.15, -0.1) is 0 Å². The highest BCUT2D eigenvalue weighted by Crippen LogP contribution is 2.20. The summed E-state index contributed by atoms with van der Waals surface area (Å²) < 4.78 is 5.41. The molecule has 2 heteroatoms. The molecule has 0 amide bonds. The number of esters is 1. The smallest absolute Gasteiger partial charge is 0.331 e. The van der Waals surface area contributed by atoms with Crippen LogP contribution in [0.15, 0.2) is 42.5 Å². The van der Waals surface area contributed by atoms with Crippen molar-refractivity contribution in [2.75, 3.05) is 0 Å². The van der Waals surface area contributed by atoms with E-state index in [1.54, 1.807) is 0 Å². The molecule has 1 unspecified atom stereocenters. The van der Waals surface area contributed by atoms with Crippen LogP contribution >= 0.6 is 0 Å². The Balaban J connectivity index is 2.56. The highest BCUT2D eigenvalue weighted by molar-refractivity contribution is 5.82. The Morgan fingerprint density at radius 2 is 2.00 bits per heavy atom. The standard InChI is InChI=1S/C15H20O2/c1-3-5-7-12-15(16)17-14(4-2)13-10-8-6-9-11-13/h6-12,14H,3-5H2,1-2H3. The Labute approximate surface area is 103 Å². The van der Waals surface area contributed by atoms with Gasteiger partial charge in [-0.2, -0.15) is 0 Å². The molecule has 0 aliphatic heterocycles. The maximum atomic E-state index is 11.6. The van der Waals surface area contributed by atoms with Crippen LogP contribution in [-0.2, 0) is 9.53 Å². The lowest BCUT2D eigenvalue weighted by Gasteiger charge is -2.15. The van der Waals surface area contributed by atoms with Gasteiger partial charge in [0.05, 0.1) is 0 Å². The zero-order valence-electron chi connectivity index (χ0n) is 10.6. The van der Waals surface area contributed by atoms with Gasteiger partial charge in [-0.05, 0) is 18.4 Å². The highest BCUT2D eigenvalue weighted by Gasteiger charge is 2.12. The molecule has 17 heavy (non-hydrogen) atoms. The predicted octanol–water partition coefficient (Wildman–Crippen LogP) is 4.04. The van der Waals surface area contributed by atoms with Crippen molar-refractivity contribution in [3.05, 3.63) is 48.0 Å². The molecular formula is C15H20O2. The van der Waals surface area contributed by atoms with Gasteiger partial charge in [0, 0.05) is 6.08 Å². The number of carbonyl (C=O) groups is 1. The van der Waals surface area contributed by atoms with E-state index in [4.69, 9.17) is 4.74 Å². The van der Waals surface area contributed by atoms with Gasteiger partial charge in [-0.1, -0.05) is 56.7 Å². The summed E-state index contributed by atoms with van der Waals surface area (Å²) in [6.07, 6.45) is 5.98. The van der Waals surface area contributed by atoms with Crippen molar-refractivity contribution in [1.82, 2.24) is 0 Å². The molecule has 0 aromatic heterocycles. The van der Waals surface area contributed by atoms with Gasteiger partial charge >= 0.3 is 5.97 Å². The van der Waals surface area contributed by atoms with Crippen LogP contribution in [0.3, 0.4) is 0 Å². The van der Waals surface area contributed by atoms with E-state index in [0.717, 1.165) is 24.8 Å². The first-order chi connectivity index (χ1) is 8.27. The first kappa shape index (κ1) is 13.5. The third-order valence-electron chi connectivity index (χ3n) is 2.51. The number of rotatable bonds is 6. The summed E-state index contributed by atoms with van der Waals surface area (Å²) in [5.41, 5.74) is 1.05. The second-order valence-electron chi connectivity index (χ2n) is 3.94. The van der Waals surface area contributed by atoms with Gasteiger partial charge < -0.3 is 4.74 Å². The monoisotopic (exact) mass is 232 g/mol. The van der Waals surface area contributed by atoms with Crippen molar-refractivity contribution in [2.45, 2.75) is 39.2 Å². The summed E-state index contributed by atoms with van der Waals surface area (Å²) in [6, 6.07) is 9.84. The normalized spacial score (nSPS) is 12.6. The van der Waals surface area contributed by atoms with Crippen LogP contribution in [0, 0.1) is 0 Å². The Morgan fingerprint density at radius 3 is 2.59 bits per heavy atom. The topological polar surface area (TPSA) is 26.3 Å². The van der Waals surface area contributed by atoms with Crippen LogP contribution in [-0.4, -0.2) is 5.97 Å². The van der Waals surface area contributed by atoms with E-state index in [0.29, 0.717) is 0 Å². The number of benzene rings is 1. The Kier molecular flexibility index (Phi) is 6.08. The van der Waals surface area contributed by atoms with Crippen LogP contribution in [0.2, 0.25) is 0 Å². The molecule has 0 saturated heterocycles. The molecule has 2 nitrogen and oxygen atoms in total. The van der Waals surface area contributed by atoms with Crippen molar-refractivity contribution in [3.8, 4) is 0 Å². The van der Waals surface area contributed by atoms with Crippen LogP contribution in [0.1, 0.15) is 44.8 Å². The summed E-state index contributed by atoms with van der Waals surface area (Å²) in [7, 11) is 0. The number of allylic oxidation sites excluding steroid dienone is 1. The van der Waals surface area contributed by atoms with Crippen molar-refractivity contribution in [1.29, 1.82) is 0 Å². The van der Waals surface area contributed by atoms with Gasteiger partial charge in [0.2, 0.25) is 0 Å². The van der Waals surface area contributed by atoms with E-state index in [9.17, 15) is 4.79 Å². The fourth-order valence-corrected chi connectivity index (χ4v) is 1.58. The van der Waals surface area contributed by atoms with E-state index < -0.39 is 0 Å². The summed E-state index contributed by atoms with van der Waals surface area (Å²) in [5, 5.41) is 0. The summed E-state index contributed by atoms with van der Waals surface area (Å²) in [6.45, 7) is 4.09. The van der Waals surface area contributed by atoms with Crippen LogP contribution in [0.25, 0.3) is 0 Å². The third-order valence-corrected chi connectivity index (χ3v) is 2.51. The van der Waals surface area contributed by atoms with E-state index in [1.807, 2.05) is 43.3 Å². The number of hydrogen-bond acceptors (Lipinski definition) is 2. The van der Waals surface area contributed by atoms with Gasteiger partial charge in [-0.3, -0.25) is 0 Å². The number of hydrogen-bond donors (Lipinski definition) is 0. The molecule has 1 aromatic carbocycles. The van der Waals surface area contributed by atoms with Gasteiger partial charge in [0.25, 0.3) is 0 Å². The number of ether oxygens (including phenoxy) is 1. The molecule has 92 valence electrons. The lowest BCUT2D eigenvalue weighted by atomic mass is 10.1. The molecule has 1 rings (SSSR count). The molecule has 0 fully saturated rings. The Bertz CT molecular complexity index is 354. The molecule has 0 bridgehead atoms. The Hall–Kier alpha value is -1.57. The molecule has 1 aromatic rings. The maximum absolute atomic E-state index is 11.6. The van der Waals surface area contributed by atoms with Crippen molar-refractivity contribution >= 4 is 5.97 Å². The molecule has 0 saturated carbocycles. The van der Waals surface area contributed by atoms with Crippen LogP contribution < -0.4 is 0 Å².